The molecule has 120 valence electrons. The molecule has 1 atom stereocenters. The maximum Gasteiger partial charge on any atom is 0.416 e. The molecular weight excluding hydrogens is 277 g/mol. The van der Waals surface area contributed by atoms with Crippen LogP contribution in [0.5, 0.6) is 0 Å². The van der Waals surface area contributed by atoms with E-state index in [0.29, 0.717) is 5.69 Å². The molecule has 0 aliphatic carbocycles. The second-order valence-corrected chi connectivity index (χ2v) is 5.81. The van der Waals surface area contributed by atoms with E-state index in [9.17, 15) is 13.2 Å². The Hall–Kier alpha value is -1.23. The van der Waals surface area contributed by atoms with Crippen molar-refractivity contribution in [2.24, 2.45) is 5.73 Å². The minimum atomic E-state index is -4.35. The summed E-state index contributed by atoms with van der Waals surface area (Å²) in [5, 5.41) is 0. The van der Waals surface area contributed by atoms with Crippen molar-refractivity contribution >= 4 is 5.69 Å². The van der Waals surface area contributed by atoms with Gasteiger partial charge >= 0.3 is 6.18 Å². The summed E-state index contributed by atoms with van der Waals surface area (Å²) in [7, 11) is 0. The Kier molecular flexibility index (Phi) is 6.08. The Morgan fingerprint density at radius 1 is 1.19 bits per heavy atom. The topological polar surface area (TPSA) is 29.3 Å². The predicted octanol–water partition coefficient (Wildman–Crippen LogP) is 4.22. The molecule has 1 aromatic carbocycles. The highest BCUT2D eigenvalue weighted by Crippen LogP contribution is 2.35. The van der Waals surface area contributed by atoms with Crippen LogP contribution in [0.3, 0.4) is 0 Å². The third-order valence-electron chi connectivity index (χ3n) is 3.36. The number of alkyl halides is 3. The van der Waals surface area contributed by atoms with Crippen LogP contribution in [-0.4, -0.2) is 18.6 Å². The van der Waals surface area contributed by atoms with E-state index in [0.717, 1.165) is 13.0 Å². The summed E-state index contributed by atoms with van der Waals surface area (Å²) in [4.78, 5) is 1.99. The minimum Gasteiger partial charge on any atom is -0.369 e. The van der Waals surface area contributed by atoms with Crippen LogP contribution in [0.2, 0.25) is 0 Å². The van der Waals surface area contributed by atoms with Crippen LogP contribution in [-0.2, 0) is 12.6 Å². The van der Waals surface area contributed by atoms with Crippen LogP contribution in [0.1, 0.15) is 45.2 Å². The van der Waals surface area contributed by atoms with Gasteiger partial charge in [-0.05, 0) is 51.3 Å². The number of benzene rings is 1. The van der Waals surface area contributed by atoms with E-state index >= 15 is 0 Å². The van der Waals surface area contributed by atoms with E-state index in [1.54, 1.807) is 19.1 Å². The summed E-state index contributed by atoms with van der Waals surface area (Å²) in [6, 6.07) is 4.45. The van der Waals surface area contributed by atoms with Crippen LogP contribution in [0.4, 0.5) is 18.9 Å². The number of hydrogen-bond donors (Lipinski definition) is 1. The van der Waals surface area contributed by atoms with Crippen LogP contribution in [0.15, 0.2) is 18.2 Å². The van der Waals surface area contributed by atoms with Gasteiger partial charge in [0.25, 0.3) is 0 Å². The number of nitrogens with zero attached hydrogens (tertiary/aromatic N) is 1. The van der Waals surface area contributed by atoms with E-state index < -0.39 is 11.7 Å². The molecule has 5 heteroatoms. The van der Waals surface area contributed by atoms with Gasteiger partial charge < -0.3 is 10.6 Å². The van der Waals surface area contributed by atoms with Gasteiger partial charge in [-0.1, -0.05) is 13.0 Å². The van der Waals surface area contributed by atoms with Crippen molar-refractivity contribution in [3.05, 3.63) is 29.3 Å². The third-order valence-corrected chi connectivity index (χ3v) is 3.36. The molecule has 0 spiro atoms. The molecule has 1 aromatic rings. The number of rotatable bonds is 6. The number of halogens is 3. The van der Waals surface area contributed by atoms with E-state index in [4.69, 9.17) is 5.73 Å². The monoisotopic (exact) mass is 302 g/mol. The van der Waals surface area contributed by atoms with Gasteiger partial charge in [0.2, 0.25) is 0 Å². The first-order valence-electron chi connectivity index (χ1n) is 7.39. The smallest absolute Gasteiger partial charge is 0.369 e. The summed E-state index contributed by atoms with van der Waals surface area (Å²) >= 11 is 0. The lowest BCUT2D eigenvalue weighted by Crippen LogP contribution is -2.32. The van der Waals surface area contributed by atoms with E-state index in [-0.39, 0.29) is 24.1 Å². The average molecular weight is 302 g/mol. The molecular formula is C16H25F3N2. The Morgan fingerprint density at radius 2 is 1.81 bits per heavy atom. The van der Waals surface area contributed by atoms with Crippen molar-refractivity contribution < 1.29 is 13.2 Å². The van der Waals surface area contributed by atoms with Gasteiger partial charge in [-0.2, -0.15) is 13.2 Å². The molecule has 0 bridgehead atoms. The SMILES string of the molecule is CCCN(c1ccc(CC(C)N)c(C(F)(F)F)c1)C(C)C. The fourth-order valence-corrected chi connectivity index (χ4v) is 2.46. The zero-order chi connectivity index (χ0) is 16.2. The largest absolute Gasteiger partial charge is 0.416 e. The van der Waals surface area contributed by atoms with Gasteiger partial charge in [-0.25, -0.2) is 0 Å². The highest BCUT2D eigenvalue weighted by molar-refractivity contribution is 5.52. The molecule has 0 fully saturated rings. The zero-order valence-electron chi connectivity index (χ0n) is 13.2. The zero-order valence-corrected chi connectivity index (χ0v) is 13.2. The van der Waals surface area contributed by atoms with Crippen LogP contribution in [0.25, 0.3) is 0 Å². The summed E-state index contributed by atoms with van der Waals surface area (Å²) < 4.78 is 39.8. The first kappa shape index (κ1) is 17.8. The molecule has 2 N–H and O–H groups in total. The predicted molar refractivity (Wildman–Crippen MR) is 81.6 cm³/mol. The lowest BCUT2D eigenvalue weighted by atomic mass is 9.99. The molecule has 0 aliphatic heterocycles. The van der Waals surface area contributed by atoms with E-state index in [1.807, 2.05) is 25.7 Å². The van der Waals surface area contributed by atoms with Crippen LogP contribution < -0.4 is 10.6 Å². The lowest BCUT2D eigenvalue weighted by Gasteiger charge is -2.30. The second-order valence-electron chi connectivity index (χ2n) is 5.81. The van der Waals surface area contributed by atoms with E-state index in [1.165, 1.54) is 6.07 Å². The van der Waals surface area contributed by atoms with Crippen LogP contribution >= 0.6 is 0 Å². The number of anilines is 1. The van der Waals surface area contributed by atoms with Crippen LogP contribution in [0, 0.1) is 0 Å². The molecule has 0 saturated heterocycles. The molecule has 0 aromatic heterocycles. The Labute approximate surface area is 125 Å². The molecule has 21 heavy (non-hydrogen) atoms. The van der Waals surface area contributed by atoms with Crippen molar-refractivity contribution in [3.8, 4) is 0 Å². The van der Waals surface area contributed by atoms with Crippen molar-refractivity contribution in [1.29, 1.82) is 0 Å². The lowest BCUT2D eigenvalue weighted by molar-refractivity contribution is -0.138. The van der Waals surface area contributed by atoms with Gasteiger partial charge in [0.05, 0.1) is 5.56 Å². The number of hydrogen-bond acceptors (Lipinski definition) is 2. The Morgan fingerprint density at radius 3 is 2.24 bits per heavy atom. The molecule has 0 saturated carbocycles. The minimum absolute atomic E-state index is 0.158. The van der Waals surface area contributed by atoms with Gasteiger partial charge in [0.1, 0.15) is 0 Å². The van der Waals surface area contributed by atoms with E-state index in [2.05, 4.69) is 0 Å². The van der Waals surface area contributed by atoms with Gasteiger partial charge in [-0.3, -0.25) is 0 Å². The molecule has 0 amide bonds. The Bertz CT molecular complexity index is 453. The summed E-state index contributed by atoms with van der Waals surface area (Å²) in [5.41, 5.74) is 5.97. The standard InChI is InChI=1S/C16H25F3N2/c1-5-8-21(11(2)3)14-7-6-13(9-12(4)20)15(10-14)16(17,18)19/h6-7,10-12H,5,8-9,20H2,1-4H3. The first-order valence-corrected chi connectivity index (χ1v) is 7.39. The summed E-state index contributed by atoms with van der Waals surface area (Å²) in [5.74, 6) is 0. The molecule has 0 aliphatic rings. The highest BCUT2D eigenvalue weighted by atomic mass is 19.4. The second kappa shape index (κ2) is 7.16. The molecule has 1 rings (SSSR count). The molecule has 2 nitrogen and oxygen atoms in total. The fourth-order valence-electron chi connectivity index (χ4n) is 2.46. The van der Waals surface area contributed by atoms with Crippen molar-refractivity contribution in [2.75, 3.05) is 11.4 Å². The van der Waals surface area contributed by atoms with Crippen molar-refractivity contribution in [2.45, 2.75) is 58.8 Å². The first-order chi connectivity index (χ1) is 9.66. The maximum atomic E-state index is 13.3. The molecule has 0 radical (unpaired) electrons. The van der Waals surface area contributed by atoms with Crippen molar-refractivity contribution in [1.82, 2.24) is 0 Å². The maximum absolute atomic E-state index is 13.3. The van der Waals surface area contributed by atoms with Gasteiger partial charge in [0.15, 0.2) is 0 Å². The highest BCUT2D eigenvalue weighted by Gasteiger charge is 2.34. The Balaban J connectivity index is 3.26. The number of nitrogens with two attached hydrogens (primary N) is 1. The molecule has 0 heterocycles. The summed E-state index contributed by atoms with van der Waals surface area (Å²) in [6.45, 7) is 8.44. The normalized spacial score (nSPS) is 13.6. The fraction of sp³-hybridized carbons (Fsp3) is 0.625. The van der Waals surface area contributed by atoms with Gasteiger partial charge in [-0.15, -0.1) is 0 Å². The summed E-state index contributed by atoms with van der Waals surface area (Å²) in [6.07, 6.45) is -3.24. The third kappa shape index (κ3) is 4.92. The molecule has 1 unspecified atom stereocenters. The average Bonchev–Trinajstić information content (AvgIpc) is 2.34. The van der Waals surface area contributed by atoms with Crippen molar-refractivity contribution in [3.63, 3.8) is 0 Å². The van der Waals surface area contributed by atoms with Gasteiger partial charge in [0, 0.05) is 24.3 Å². The quantitative estimate of drug-likeness (QED) is 0.852.